The third-order valence-corrected chi connectivity index (χ3v) is 2.86. The van der Waals surface area contributed by atoms with E-state index in [-0.39, 0.29) is 5.82 Å². The average molecular weight is 323 g/mol. The summed E-state index contributed by atoms with van der Waals surface area (Å²) in [6, 6.07) is 5.26. The minimum absolute atomic E-state index is 0.0481. The molecule has 8 heteroatoms. The molecule has 0 bridgehead atoms. The normalized spacial score (nSPS) is 10.8. The first kappa shape index (κ1) is 11.8. The third kappa shape index (κ3) is 1.99. The van der Waals surface area contributed by atoms with Crippen molar-refractivity contribution in [3.8, 4) is 11.5 Å². The predicted octanol–water partition coefficient (Wildman–Crippen LogP) is 1.93. The molecule has 0 aliphatic heterocycles. The smallest absolute Gasteiger partial charge is 0.378 e. The lowest BCUT2D eigenvalue weighted by Crippen LogP contribution is -2.04. The van der Waals surface area contributed by atoms with Crippen molar-refractivity contribution in [2.75, 3.05) is 7.11 Å². The number of carbonyl (C=O) groups excluding carboxylic acids is 1. The highest BCUT2D eigenvalue weighted by Gasteiger charge is 2.17. The number of fused-ring (bicyclic) bond motifs is 1. The third-order valence-electron chi connectivity index (χ3n) is 2.43. The Morgan fingerprint density at radius 1 is 1.42 bits per heavy atom. The first-order valence-corrected chi connectivity index (χ1v) is 6.04. The van der Waals surface area contributed by atoms with Gasteiger partial charge in [-0.3, -0.25) is 0 Å². The number of rotatable bonds is 2. The number of esters is 1. The zero-order valence-electron chi connectivity index (χ0n) is 9.70. The van der Waals surface area contributed by atoms with E-state index in [4.69, 9.17) is 4.42 Å². The summed E-state index contributed by atoms with van der Waals surface area (Å²) in [6.45, 7) is 0. The Hall–Kier alpha value is -2.22. The van der Waals surface area contributed by atoms with Crippen molar-refractivity contribution in [1.82, 2.24) is 19.6 Å². The molecular weight excluding hydrogens is 316 g/mol. The first-order valence-electron chi connectivity index (χ1n) is 5.25. The number of hydrogen-bond donors (Lipinski definition) is 0. The van der Waals surface area contributed by atoms with Gasteiger partial charge in [-0.1, -0.05) is 0 Å². The lowest BCUT2D eigenvalue weighted by molar-refractivity contribution is 0.0587. The lowest BCUT2D eigenvalue weighted by Gasteiger charge is -1.98. The number of aromatic nitrogens is 4. The number of halogens is 1. The fourth-order valence-corrected chi connectivity index (χ4v) is 1.92. The van der Waals surface area contributed by atoms with E-state index in [1.54, 1.807) is 24.4 Å². The molecule has 0 atom stereocenters. The van der Waals surface area contributed by atoms with E-state index in [1.165, 1.54) is 11.6 Å². The monoisotopic (exact) mass is 322 g/mol. The molecule has 0 aliphatic carbocycles. The summed E-state index contributed by atoms with van der Waals surface area (Å²) in [7, 11) is 1.27. The molecular formula is C11H7BrN4O3. The summed E-state index contributed by atoms with van der Waals surface area (Å²) < 4.78 is 12.1. The van der Waals surface area contributed by atoms with Gasteiger partial charge >= 0.3 is 5.97 Å². The Bertz CT molecular complexity index is 764. The van der Waals surface area contributed by atoms with E-state index in [9.17, 15) is 4.79 Å². The van der Waals surface area contributed by atoms with E-state index in [0.29, 0.717) is 21.9 Å². The maximum atomic E-state index is 11.4. The number of hydrogen-bond acceptors (Lipinski definition) is 6. The van der Waals surface area contributed by atoms with E-state index >= 15 is 0 Å². The summed E-state index contributed by atoms with van der Waals surface area (Å²) in [4.78, 5) is 19.4. The number of methoxy groups -OCH3 is 1. The van der Waals surface area contributed by atoms with Gasteiger partial charge in [-0.25, -0.2) is 9.78 Å². The molecule has 19 heavy (non-hydrogen) atoms. The van der Waals surface area contributed by atoms with E-state index in [2.05, 4.69) is 35.7 Å². The molecule has 0 aliphatic rings. The van der Waals surface area contributed by atoms with Gasteiger partial charge in [0.25, 0.3) is 11.6 Å². The van der Waals surface area contributed by atoms with Crippen LogP contribution in [-0.2, 0) is 4.74 Å². The minimum atomic E-state index is -0.614. The van der Waals surface area contributed by atoms with Crippen LogP contribution in [0.15, 0.2) is 33.5 Å². The molecule has 96 valence electrons. The zero-order chi connectivity index (χ0) is 13.4. The van der Waals surface area contributed by atoms with Gasteiger partial charge in [-0.05, 0) is 34.1 Å². The van der Waals surface area contributed by atoms with Gasteiger partial charge in [0.15, 0.2) is 10.4 Å². The molecule has 0 amide bonds. The van der Waals surface area contributed by atoms with E-state index < -0.39 is 5.97 Å². The summed E-state index contributed by atoms with van der Waals surface area (Å²) in [5.41, 5.74) is 0.637. The summed E-state index contributed by atoms with van der Waals surface area (Å²) in [5.74, 6) is 0.219. The SMILES string of the molecule is COC(=O)c1nc2nccc(-c3ccc(Br)o3)n2n1. The van der Waals surface area contributed by atoms with E-state index in [1.807, 2.05) is 0 Å². The molecule has 0 saturated heterocycles. The summed E-state index contributed by atoms with van der Waals surface area (Å²) in [5, 5.41) is 4.06. The van der Waals surface area contributed by atoms with Crippen LogP contribution in [0.3, 0.4) is 0 Å². The largest absolute Gasteiger partial charge is 0.463 e. The summed E-state index contributed by atoms with van der Waals surface area (Å²) in [6.07, 6.45) is 1.57. The Balaban J connectivity index is 2.20. The fourth-order valence-electron chi connectivity index (χ4n) is 1.61. The molecule has 0 radical (unpaired) electrons. The van der Waals surface area contributed by atoms with Gasteiger partial charge < -0.3 is 9.15 Å². The predicted molar refractivity (Wildman–Crippen MR) is 67.5 cm³/mol. The highest BCUT2D eigenvalue weighted by Crippen LogP contribution is 2.24. The molecule has 3 rings (SSSR count). The maximum absolute atomic E-state index is 11.4. The molecule has 3 aromatic heterocycles. The average Bonchev–Trinajstić information content (AvgIpc) is 3.03. The number of ether oxygens (including phenoxy) is 1. The van der Waals surface area contributed by atoms with Crippen LogP contribution >= 0.6 is 15.9 Å². The Labute approximate surface area is 115 Å². The van der Waals surface area contributed by atoms with Gasteiger partial charge in [0.05, 0.1) is 7.11 Å². The standard InChI is InChI=1S/C11H7BrN4O3/c1-18-10(17)9-14-11-13-5-4-6(16(11)15-9)7-2-3-8(12)19-7/h2-5H,1H3. The van der Waals surface area contributed by atoms with Crippen LogP contribution in [0.2, 0.25) is 0 Å². The Morgan fingerprint density at radius 3 is 2.95 bits per heavy atom. The zero-order valence-corrected chi connectivity index (χ0v) is 11.3. The molecule has 0 fully saturated rings. The van der Waals surface area contributed by atoms with Crippen LogP contribution < -0.4 is 0 Å². The molecule has 0 N–H and O–H groups in total. The van der Waals surface area contributed by atoms with Gasteiger partial charge in [0.2, 0.25) is 0 Å². The van der Waals surface area contributed by atoms with Gasteiger partial charge in [0.1, 0.15) is 5.69 Å². The van der Waals surface area contributed by atoms with Crippen molar-refractivity contribution >= 4 is 27.7 Å². The first-order chi connectivity index (χ1) is 9.19. The molecule has 3 aromatic rings. The van der Waals surface area contributed by atoms with Crippen molar-refractivity contribution in [3.63, 3.8) is 0 Å². The van der Waals surface area contributed by atoms with Gasteiger partial charge in [0, 0.05) is 6.20 Å². The van der Waals surface area contributed by atoms with Crippen molar-refractivity contribution in [3.05, 3.63) is 34.9 Å². The quantitative estimate of drug-likeness (QED) is 0.670. The van der Waals surface area contributed by atoms with Crippen molar-refractivity contribution < 1.29 is 13.9 Å². The minimum Gasteiger partial charge on any atom is -0.463 e. The van der Waals surface area contributed by atoms with Crippen LogP contribution in [0.1, 0.15) is 10.6 Å². The fraction of sp³-hybridized carbons (Fsp3) is 0.0909. The van der Waals surface area contributed by atoms with Crippen LogP contribution in [-0.4, -0.2) is 32.7 Å². The Kier molecular flexibility index (Phi) is 2.79. The van der Waals surface area contributed by atoms with Crippen molar-refractivity contribution in [1.29, 1.82) is 0 Å². The molecule has 7 nitrogen and oxygen atoms in total. The van der Waals surface area contributed by atoms with Crippen LogP contribution in [0, 0.1) is 0 Å². The second-order valence-corrected chi connectivity index (χ2v) is 4.35. The molecule has 0 unspecified atom stereocenters. The number of nitrogens with zero attached hydrogens (tertiary/aromatic N) is 4. The van der Waals surface area contributed by atoms with Gasteiger partial charge in [-0.15, -0.1) is 5.10 Å². The van der Waals surface area contributed by atoms with Crippen LogP contribution in [0.5, 0.6) is 0 Å². The number of furan rings is 1. The van der Waals surface area contributed by atoms with Crippen molar-refractivity contribution in [2.45, 2.75) is 0 Å². The second-order valence-electron chi connectivity index (χ2n) is 3.57. The molecule has 3 heterocycles. The topological polar surface area (TPSA) is 82.5 Å². The van der Waals surface area contributed by atoms with Gasteiger partial charge in [-0.2, -0.15) is 9.50 Å². The second kappa shape index (κ2) is 4.47. The molecule has 0 spiro atoms. The molecule has 0 saturated carbocycles. The van der Waals surface area contributed by atoms with E-state index in [0.717, 1.165) is 0 Å². The van der Waals surface area contributed by atoms with Crippen LogP contribution in [0.25, 0.3) is 17.2 Å². The Morgan fingerprint density at radius 2 is 2.26 bits per heavy atom. The number of carbonyl (C=O) groups is 1. The highest BCUT2D eigenvalue weighted by molar-refractivity contribution is 9.10. The summed E-state index contributed by atoms with van der Waals surface area (Å²) >= 11 is 3.23. The highest BCUT2D eigenvalue weighted by atomic mass is 79.9. The molecule has 0 aromatic carbocycles. The van der Waals surface area contributed by atoms with Crippen molar-refractivity contribution in [2.24, 2.45) is 0 Å². The maximum Gasteiger partial charge on any atom is 0.378 e. The van der Waals surface area contributed by atoms with Crippen LogP contribution in [0.4, 0.5) is 0 Å². The lowest BCUT2D eigenvalue weighted by atomic mass is 10.3.